The van der Waals surface area contributed by atoms with Crippen LogP contribution in [0.4, 0.5) is 5.69 Å². The third-order valence-electron chi connectivity index (χ3n) is 3.16. The van der Waals surface area contributed by atoms with Gasteiger partial charge in [-0.2, -0.15) is 0 Å². The van der Waals surface area contributed by atoms with E-state index >= 15 is 0 Å². The van der Waals surface area contributed by atoms with E-state index in [9.17, 15) is 0 Å². The second-order valence-electron chi connectivity index (χ2n) is 5.67. The Labute approximate surface area is 150 Å². The van der Waals surface area contributed by atoms with Crippen molar-refractivity contribution in [2.75, 3.05) is 5.73 Å². The molecule has 1 aromatic heterocycles. The number of nitrogens with zero attached hydrogens (tertiary/aromatic N) is 2. The maximum atomic E-state index is 8.07. The summed E-state index contributed by atoms with van der Waals surface area (Å²) in [6.45, 7) is 4.57. The maximum Gasteiger partial charge on any atom is 0.153 e. The highest BCUT2D eigenvalue weighted by Gasteiger charge is 2.14. The quantitative estimate of drug-likeness (QED) is 0.317. The van der Waals surface area contributed by atoms with Crippen molar-refractivity contribution < 1.29 is 4.74 Å². The van der Waals surface area contributed by atoms with E-state index in [4.69, 9.17) is 34.2 Å². The molecule has 0 aliphatic carbocycles. The fourth-order valence-corrected chi connectivity index (χ4v) is 2.84. The molecule has 128 valence electrons. The number of nitrogens with one attached hydrogen (secondary N) is 1. The van der Waals surface area contributed by atoms with Crippen molar-refractivity contribution in [3.05, 3.63) is 39.8 Å². The number of amidine groups is 2. The van der Waals surface area contributed by atoms with E-state index in [0.29, 0.717) is 29.5 Å². The number of ether oxygens (including phenoxy) is 1. The van der Waals surface area contributed by atoms with E-state index in [0.717, 1.165) is 17.0 Å². The maximum absolute atomic E-state index is 8.07. The highest BCUT2D eigenvalue weighted by molar-refractivity contribution is 7.77. The Morgan fingerprint density at radius 1 is 1.46 bits per heavy atom. The van der Waals surface area contributed by atoms with Crippen LogP contribution in [-0.4, -0.2) is 16.0 Å². The highest BCUT2D eigenvalue weighted by atomic mass is 32.1. The fraction of sp³-hybridized carbons (Fsp3) is 0.312. The number of hydrogen-bond acceptors (Lipinski definition) is 6. The van der Waals surface area contributed by atoms with Crippen molar-refractivity contribution in [1.82, 2.24) is 4.98 Å². The zero-order valence-corrected chi connectivity index (χ0v) is 15.2. The number of aromatic nitrogens is 1. The topological polar surface area (TPSA) is 110 Å². The van der Waals surface area contributed by atoms with Gasteiger partial charge in [-0.3, -0.25) is 5.41 Å². The molecule has 0 bridgehead atoms. The van der Waals surface area contributed by atoms with Crippen LogP contribution in [0.3, 0.4) is 0 Å². The SMILES string of the molecule is CC(C)Cc1cc(OCc2nccs2)c(N)c(C(=N)N=C(N)[S-])c1. The predicted molar refractivity (Wildman–Crippen MR) is 102 cm³/mol. The number of thiazole rings is 1. The minimum Gasteiger partial charge on any atom is -0.743 e. The molecule has 0 aliphatic heterocycles. The molecule has 1 heterocycles. The molecule has 2 aromatic rings. The van der Waals surface area contributed by atoms with Gasteiger partial charge in [0, 0.05) is 17.1 Å². The van der Waals surface area contributed by atoms with Crippen LogP contribution >= 0.6 is 11.3 Å². The minimum absolute atomic E-state index is 0.0651. The summed E-state index contributed by atoms with van der Waals surface area (Å²) >= 11 is 6.26. The predicted octanol–water partition coefficient (Wildman–Crippen LogP) is 2.69. The molecule has 6 nitrogen and oxygen atoms in total. The molecular weight excluding hydrogens is 342 g/mol. The van der Waals surface area contributed by atoms with Gasteiger partial charge in [0.2, 0.25) is 0 Å². The molecule has 0 fully saturated rings. The Morgan fingerprint density at radius 3 is 2.79 bits per heavy atom. The molecule has 0 unspecified atom stereocenters. The fourth-order valence-electron chi connectivity index (χ4n) is 2.22. The van der Waals surface area contributed by atoms with Crippen LogP contribution in [0.2, 0.25) is 0 Å². The molecule has 0 amide bonds. The van der Waals surface area contributed by atoms with E-state index in [-0.39, 0.29) is 11.0 Å². The van der Waals surface area contributed by atoms with Gasteiger partial charge in [0.05, 0.1) is 5.69 Å². The first-order valence-corrected chi connectivity index (χ1v) is 8.69. The van der Waals surface area contributed by atoms with Crippen LogP contribution in [0.1, 0.15) is 30.0 Å². The first-order chi connectivity index (χ1) is 11.4. The molecule has 5 N–H and O–H groups in total. The molecule has 0 radical (unpaired) electrons. The molecule has 24 heavy (non-hydrogen) atoms. The Kier molecular flexibility index (Phi) is 6.10. The minimum atomic E-state index is -0.0982. The summed E-state index contributed by atoms with van der Waals surface area (Å²) in [7, 11) is 0. The average molecular weight is 363 g/mol. The van der Waals surface area contributed by atoms with Gasteiger partial charge in [0.15, 0.2) is 5.84 Å². The van der Waals surface area contributed by atoms with Gasteiger partial charge >= 0.3 is 0 Å². The van der Waals surface area contributed by atoms with Crippen LogP contribution in [0.25, 0.3) is 0 Å². The lowest BCUT2D eigenvalue weighted by Crippen LogP contribution is -2.13. The lowest BCUT2D eigenvalue weighted by molar-refractivity contribution is 0.307. The molecule has 0 atom stereocenters. The molecule has 0 saturated carbocycles. The summed E-state index contributed by atoms with van der Waals surface area (Å²) in [5.74, 6) is 0.904. The zero-order chi connectivity index (χ0) is 17.7. The number of benzene rings is 1. The largest absolute Gasteiger partial charge is 0.743 e. The van der Waals surface area contributed by atoms with Gasteiger partial charge in [-0.15, -0.1) is 11.3 Å². The van der Waals surface area contributed by atoms with E-state index in [1.54, 1.807) is 6.20 Å². The van der Waals surface area contributed by atoms with Crippen LogP contribution in [-0.2, 0) is 25.7 Å². The summed E-state index contributed by atoms with van der Waals surface area (Å²) in [6, 6.07) is 3.75. The van der Waals surface area contributed by atoms with Gasteiger partial charge in [0.1, 0.15) is 17.4 Å². The van der Waals surface area contributed by atoms with Crippen LogP contribution in [0.5, 0.6) is 5.75 Å². The second-order valence-corrected chi connectivity index (χ2v) is 7.06. The lowest BCUT2D eigenvalue weighted by Gasteiger charge is -2.16. The number of rotatable bonds is 6. The van der Waals surface area contributed by atoms with Gasteiger partial charge in [-0.05, 0) is 35.2 Å². The van der Waals surface area contributed by atoms with Crippen molar-refractivity contribution in [2.24, 2.45) is 16.6 Å². The Balaban J connectivity index is 2.36. The molecule has 0 aliphatic rings. The Morgan fingerprint density at radius 2 is 2.21 bits per heavy atom. The highest BCUT2D eigenvalue weighted by Crippen LogP contribution is 2.30. The van der Waals surface area contributed by atoms with Gasteiger partial charge in [-0.1, -0.05) is 13.8 Å². The summed E-state index contributed by atoms with van der Waals surface area (Å²) in [6.07, 6.45) is 2.56. The molecule has 0 spiro atoms. The summed E-state index contributed by atoms with van der Waals surface area (Å²) in [5, 5.41) is 10.7. The Hall–Kier alpha value is -2.19. The number of nitrogens with two attached hydrogens (primary N) is 2. The van der Waals surface area contributed by atoms with E-state index in [2.05, 4.69) is 23.8 Å². The third-order valence-corrected chi connectivity index (χ3v) is 4.00. The van der Waals surface area contributed by atoms with Gasteiger partial charge < -0.3 is 28.8 Å². The first kappa shape index (κ1) is 18.2. The molecule has 8 heteroatoms. The summed E-state index contributed by atoms with van der Waals surface area (Å²) < 4.78 is 5.82. The van der Waals surface area contributed by atoms with Crippen molar-refractivity contribution in [2.45, 2.75) is 26.9 Å². The summed E-state index contributed by atoms with van der Waals surface area (Å²) in [4.78, 5) is 8.01. The second kappa shape index (κ2) is 8.07. The van der Waals surface area contributed by atoms with E-state index in [1.807, 2.05) is 17.5 Å². The van der Waals surface area contributed by atoms with E-state index in [1.165, 1.54) is 11.3 Å². The molecule has 0 saturated heterocycles. The molecule has 1 aromatic carbocycles. The number of nitrogen functional groups attached to an aromatic ring is 1. The summed E-state index contributed by atoms with van der Waals surface area (Å²) in [5.41, 5.74) is 13.4. The van der Waals surface area contributed by atoms with Gasteiger partial charge in [-0.25, -0.2) is 9.98 Å². The number of aliphatic imine (C=N–C) groups is 1. The monoisotopic (exact) mass is 362 g/mol. The Bertz CT molecular complexity index is 737. The van der Waals surface area contributed by atoms with Crippen LogP contribution in [0.15, 0.2) is 28.7 Å². The zero-order valence-electron chi connectivity index (χ0n) is 13.6. The van der Waals surface area contributed by atoms with Crippen LogP contribution < -0.4 is 16.2 Å². The lowest BCUT2D eigenvalue weighted by atomic mass is 9.99. The number of anilines is 1. The molecular formula is C16H20N5OS2-. The smallest absolute Gasteiger partial charge is 0.153 e. The van der Waals surface area contributed by atoms with E-state index < -0.39 is 0 Å². The van der Waals surface area contributed by atoms with Crippen LogP contribution in [0, 0.1) is 11.3 Å². The van der Waals surface area contributed by atoms with Crippen molar-refractivity contribution in [3.63, 3.8) is 0 Å². The number of hydrogen-bond donors (Lipinski definition) is 3. The normalized spacial score (nSPS) is 11.7. The third kappa shape index (κ3) is 4.90. The first-order valence-electron chi connectivity index (χ1n) is 7.40. The average Bonchev–Trinajstić information content (AvgIpc) is 2.99. The van der Waals surface area contributed by atoms with Crippen molar-refractivity contribution >= 4 is 40.7 Å². The van der Waals surface area contributed by atoms with Gasteiger partial charge in [0.25, 0.3) is 0 Å². The molecule has 2 rings (SSSR count). The standard InChI is InChI=1S/C16H21N5OS2/c1-9(2)5-10-6-11(15(18)21-16(19)23)14(17)12(7-10)22-8-13-20-3-4-24-13/h3-4,6-7,9H,5,8,17H2,1-2H3,(H4,18,19,21,23)/p-1. The van der Waals surface area contributed by atoms with Crippen molar-refractivity contribution in [3.8, 4) is 5.75 Å². The van der Waals surface area contributed by atoms with Crippen molar-refractivity contribution in [1.29, 1.82) is 5.41 Å².